The summed E-state index contributed by atoms with van der Waals surface area (Å²) < 4.78 is 0. The topological polar surface area (TPSA) is 25.8 Å². The van der Waals surface area contributed by atoms with Gasteiger partial charge in [-0.3, -0.25) is 0 Å². The summed E-state index contributed by atoms with van der Waals surface area (Å²) in [6, 6.07) is 7.82. The highest BCUT2D eigenvalue weighted by atomic mass is 35.5. The van der Waals surface area contributed by atoms with Gasteiger partial charge in [0.2, 0.25) is 0 Å². The van der Waals surface area contributed by atoms with Gasteiger partial charge in [0.15, 0.2) is 5.82 Å². The maximum absolute atomic E-state index is 5.88. The summed E-state index contributed by atoms with van der Waals surface area (Å²) in [5.74, 6) is 0.605. The van der Waals surface area contributed by atoms with E-state index < -0.39 is 0 Å². The number of rotatable bonds is 2. The van der Waals surface area contributed by atoms with Crippen LogP contribution in [0.5, 0.6) is 0 Å². The lowest BCUT2D eigenvalue weighted by atomic mass is 10.1. The highest BCUT2D eigenvalue weighted by molar-refractivity contribution is 7.80. The fourth-order valence-electron chi connectivity index (χ4n) is 1.59. The second-order valence-electron chi connectivity index (χ2n) is 4.09. The van der Waals surface area contributed by atoms with Gasteiger partial charge in [-0.05, 0) is 43.2 Å². The highest BCUT2D eigenvalue weighted by Gasteiger charge is 1.98. The van der Waals surface area contributed by atoms with E-state index in [1.54, 1.807) is 6.07 Å². The van der Waals surface area contributed by atoms with E-state index in [4.69, 9.17) is 11.6 Å². The van der Waals surface area contributed by atoms with Crippen molar-refractivity contribution >= 4 is 36.4 Å². The van der Waals surface area contributed by atoms with Crippen molar-refractivity contribution in [3.63, 3.8) is 0 Å². The molecule has 1 aromatic carbocycles. The van der Waals surface area contributed by atoms with Crippen LogP contribution in [0.1, 0.15) is 22.6 Å². The summed E-state index contributed by atoms with van der Waals surface area (Å²) in [5.41, 5.74) is 3.07. The fraction of sp³-hybridized carbons (Fsp3) is 0.143. The molecule has 18 heavy (non-hydrogen) atoms. The maximum atomic E-state index is 5.88. The number of benzene rings is 1. The van der Waals surface area contributed by atoms with E-state index in [0.29, 0.717) is 11.0 Å². The van der Waals surface area contributed by atoms with Crippen LogP contribution in [-0.4, -0.2) is 9.97 Å². The second kappa shape index (κ2) is 5.55. The van der Waals surface area contributed by atoms with Gasteiger partial charge in [0.05, 0.1) is 0 Å². The maximum Gasteiger partial charge on any atom is 0.153 e. The first kappa shape index (κ1) is 13.1. The molecule has 4 heteroatoms. The van der Waals surface area contributed by atoms with Gasteiger partial charge in [-0.15, -0.1) is 12.6 Å². The molecule has 0 bridgehead atoms. The standard InChI is InChI=1S/C14H13ClN2S/c1-9-3-4-11(12(18)7-9)5-6-14-16-10(2)8-13(15)17-14/h3-8,18H,1-2H3/b6-5+. The Kier molecular flexibility index (Phi) is 4.04. The molecule has 0 amide bonds. The summed E-state index contributed by atoms with van der Waals surface area (Å²) in [7, 11) is 0. The van der Waals surface area contributed by atoms with Crippen molar-refractivity contribution < 1.29 is 0 Å². The zero-order valence-electron chi connectivity index (χ0n) is 10.2. The smallest absolute Gasteiger partial charge is 0.153 e. The van der Waals surface area contributed by atoms with E-state index in [0.717, 1.165) is 16.2 Å². The number of aryl methyl sites for hydroxylation is 2. The summed E-state index contributed by atoms with van der Waals surface area (Å²) in [6.45, 7) is 3.93. The molecule has 92 valence electrons. The summed E-state index contributed by atoms with van der Waals surface area (Å²) in [5, 5.41) is 0.456. The number of hydrogen-bond donors (Lipinski definition) is 1. The first-order chi connectivity index (χ1) is 8.54. The Hall–Kier alpha value is -1.32. The monoisotopic (exact) mass is 276 g/mol. The van der Waals surface area contributed by atoms with E-state index in [-0.39, 0.29) is 0 Å². The zero-order chi connectivity index (χ0) is 13.1. The molecule has 0 saturated heterocycles. The molecule has 2 aromatic rings. The lowest BCUT2D eigenvalue weighted by Gasteiger charge is -2.01. The van der Waals surface area contributed by atoms with Gasteiger partial charge in [0.25, 0.3) is 0 Å². The Morgan fingerprint density at radius 2 is 1.89 bits per heavy atom. The van der Waals surface area contributed by atoms with Crippen molar-refractivity contribution in [1.29, 1.82) is 0 Å². The fourth-order valence-corrected chi connectivity index (χ4v) is 2.18. The van der Waals surface area contributed by atoms with Crippen molar-refractivity contribution in [2.75, 3.05) is 0 Å². The Bertz CT molecular complexity index is 588. The van der Waals surface area contributed by atoms with Gasteiger partial charge >= 0.3 is 0 Å². The molecule has 2 rings (SSSR count). The molecule has 0 unspecified atom stereocenters. The van der Waals surface area contributed by atoms with Crippen LogP contribution in [-0.2, 0) is 0 Å². The molecular weight excluding hydrogens is 264 g/mol. The summed E-state index contributed by atoms with van der Waals surface area (Å²) >= 11 is 10.3. The molecule has 0 N–H and O–H groups in total. The predicted molar refractivity (Wildman–Crippen MR) is 79.1 cm³/mol. The van der Waals surface area contributed by atoms with Gasteiger partial charge in [-0.1, -0.05) is 29.8 Å². The van der Waals surface area contributed by atoms with Crippen molar-refractivity contribution in [3.8, 4) is 0 Å². The number of halogens is 1. The molecule has 0 spiro atoms. The van der Waals surface area contributed by atoms with Gasteiger partial charge in [0.1, 0.15) is 5.15 Å². The van der Waals surface area contributed by atoms with Gasteiger partial charge in [0, 0.05) is 10.6 Å². The normalized spacial score (nSPS) is 11.1. The lowest BCUT2D eigenvalue weighted by molar-refractivity contribution is 1.08. The predicted octanol–water partition coefficient (Wildman–Crippen LogP) is 4.21. The van der Waals surface area contributed by atoms with Crippen molar-refractivity contribution in [3.05, 3.63) is 52.1 Å². The molecule has 1 aromatic heterocycles. The highest BCUT2D eigenvalue weighted by Crippen LogP contribution is 2.18. The van der Waals surface area contributed by atoms with Crippen molar-refractivity contribution in [2.45, 2.75) is 18.7 Å². The molecule has 0 saturated carbocycles. The largest absolute Gasteiger partial charge is 0.234 e. The summed E-state index contributed by atoms with van der Waals surface area (Å²) in [4.78, 5) is 9.36. The minimum absolute atomic E-state index is 0.456. The molecule has 0 fully saturated rings. The van der Waals surface area contributed by atoms with E-state index >= 15 is 0 Å². The SMILES string of the molecule is Cc1ccc(/C=C/c2nc(C)cc(Cl)n2)c(S)c1. The van der Waals surface area contributed by atoms with E-state index in [2.05, 4.69) is 22.6 Å². The second-order valence-corrected chi connectivity index (χ2v) is 4.95. The van der Waals surface area contributed by atoms with Crippen LogP contribution in [0.2, 0.25) is 5.15 Å². The Labute approximate surface area is 117 Å². The van der Waals surface area contributed by atoms with Crippen molar-refractivity contribution in [1.82, 2.24) is 9.97 Å². The average molecular weight is 277 g/mol. The minimum atomic E-state index is 0.456. The van der Waals surface area contributed by atoms with Gasteiger partial charge < -0.3 is 0 Å². The van der Waals surface area contributed by atoms with E-state index in [1.807, 2.05) is 44.2 Å². The lowest BCUT2D eigenvalue weighted by Crippen LogP contribution is -1.90. The quantitative estimate of drug-likeness (QED) is 0.657. The summed E-state index contributed by atoms with van der Waals surface area (Å²) in [6.07, 6.45) is 3.77. The Balaban J connectivity index is 2.29. The molecule has 0 aliphatic rings. The number of nitrogens with zero attached hydrogens (tertiary/aromatic N) is 2. The van der Waals surface area contributed by atoms with Crippen LogP contribution in [0.25, 0.3) is 12.2 Å². The minimum Gasteiger partial charge on any atom is -0.234 e. The third kappa shape index (κ3) is 3.34. The van der Waals surface area contributed by atoms with Crippen LogP contribution >= 0.6 is 24.2 Å². The number of hydrogen-bond acceptors (Lipinski definition) is 3. The van der Waals surface area contributed by atoms with Crippen molar-refractivity contribution in [2.24, 2.45) is 0 Å². The molecule has 0 atom stereocenters. The van der Waals surface area contributed by atoms with E-state index in [9.17, 15) is 0 Å². The third-order valence-electron chi connectivity index (χ3n) is 2.44. The number of aromatic nitrogens is 2. The third-order valence-corrected chi connectivity index (χ3v) is 3.02. The van der Waals surface area contributed by atoms with Crippen LogP contribution in [0, 0.1) is 13.8 Å². The first-order valence-corrected chi connectivity index (χ1v) is 6.36. The average Bonchev–Trinajstić information content (AvgIpc) is 2.26. The molecular formula is C14H13ClN2S. The number of thiol groups is 1. The zero-order valence-corrected chi connectivity index (χ0v) is 11.8. The van der Waals surface area contributed by atoms with Crippen LogP contribution in [0.4, 0.5) is 0 Å². The van der Waals surface area contributed by atoms with Crippen LogP contribution in [0.3, 0.4) is 0 Å². The molecule has 1 heterocycles. The molecule has 2 nitrogen and oxygen atoms in total. The van der Waals surface area contributed by atoms with E-state index in [1.165, 1.54) is 5.56 Å². The van der Waals surface area contributed by atoms with Gasteiger partial charge in [-0.25, -0.2) is 9.97 Å². The molecule has 0 radical (unpaired) electrons. The Morgan fingerprint density at radius 3 is 2.56 bits per heavy atom. The molecule has 0 aliphatic heterocycles. The van der Waals surface area contributed by atoms with Crippen LogP contribution < -0.4 is 0 Å². The molecule has 0 aliphatic carbocycles. The van der Waals surface area contributed by atoms with Crippen LogP contribution in [0.15, 0.2) is 29.2 Å². The first-order valence-electron chi connectivity index (χ1n) is 5.53. The Morgan fingerprint density at radius 1 is 1.11 bits per heavy atom. The van der Waals surface area contributed by atoms with Gasteiger partial charge in [-0.2, -0.15) is 0 Å².